The molecule has 25 heavy (non-hydrogen) atoms. The van der Waals surface area contributed by atoms with Gasteiger partial charge in [0.2, 0.25) is 5.91 Å². The maximum atomic E-state index is 13.1. The van der Waals surface area contributed by atoms with E-state index in [0.29, 0.717) is 0 Å². The molecule has 3 aromatic rings. The fourth-order valence-corrected chi connectivity index (χ4v) is 3.78. The highest BCUT2D eigenvalue weighted by Gasteiger charge is 2.23. The molecular formula is C22H21NOS. The SMILES string of the molecule is Cc1cccc(C)c1NC(=O)[C@@H](Sc1ccccc1)c1ccccc1. The smallest absolute Gasteiger partial charge is 0.242 e. The third-order valence-electron chi connectivity index (χ3n) is 4.07. The summed E-state index contributed by atoms with van der Waals surface area (Å²) in [6.45, 7) is 4.04. The molecular weight excluding hydrogens is 326 g/mol. The molecule has 0 heterocycles. The average Bonchev–Trinajstić information content (AvgIpc) is 2.64. The lowest BCUT2D eigenvalue weighted by Crippen LogP contribution is -2.20. The largest absolute Gasteiger partial charge is 0.324 e. The zero-order valence-electron chi connectivity index (χ0n) is 14.4. The molecule has 0 aliphatic carbocycles. The van der Waals surface area contributed by atoms with E-state index in [1.54, 1.807) is 11.8 Å². The molecule has 2 nitrogen and oxygen atoms in total. The van der Waals surface area contributed by atoms with Crippen LogP contribution in [-0.2, 0) is 4.79 Å². The maximum absolute atomic E-state index is 13.1. The van der Waals surface area contributed by atoms with E-state index in [1.807, 2.05) is 92.7 Å². The van der Waals surface area contributed by atoms with E-state index < -0.39 is 0 Å². The average molecular weight is 347 g/mol. The molecule has 1 atom stereocenters. The fraction of sp³-hybridized carbons (Fsp3) is 0.136. The topological polar surface area (TPSA) is 29.1 Å². The molecule has 0 aliphatic heterocycles. The number of anilines is 1. The summed E-state index contributed by atoms with van der Waals surface area (Å²) in [5, 5.41) is 2.83. The van der Waals surface area contributed by atoms with Gasteiger partial charge in [-0.25, -0.2) is 0 Å². The minimum atomic E-state index is -0.303. The minimum absolute atomic E-state index is 0.00236. The number of hydrogen-bond acceptors (Lipinski definition) is 2. The van der Waals surface area contributed by atoms with Crippen LogP contribution in [0.4, 0.5) is 5.69 Å². The molecule has 0 radical (unpaired) electrons. The normalized spacial score (nSPS) is 11.8. The van der Waals surface area contributed by atoms with Crippen molar-refractivity contribution in [3.05, 3.63) is 95.6 Å². The third kappa shape index (κ3) is 4.31. The van der Waals surface area contributed by atoms with Gasteiger partial charge in [0.25, 0.3) is 0 Å². The summed E-state index contributed by atoms with van der Waals surface area (Å²) in [5.74, 6) is -0.00236. The van der Waals surface area contributed by atoms with Gasteiger partial charge in [0, 0.05) is 10.6 Å². The number of para-hydroxylation sites is 1. The predicted octanol–water partition coefficient (Wildman–Crippen LogP) is 5.78. The number of nitrogens with one attached hydrogen (secondary N) is 1. The van der Waals surface area contributed by atoms with E-state index in [9.17, 15) is 4.79 Å². The monoisotopic (exact) mass is 347 g/mol. The van der Waals surface area contributed by atoms with Gasteiger partial charge in [-0.15, -0.1) is 11.8 Å². The van der Waals surface area contributed by atoms with Crippen molar-refractivity contribution in [2.24, 2.45) is 0 Å². The fourth-order valence-electron chi connectivity index (χ4n) is 2.74. The second kappa shape index (κ2) is 8.04. The minimum Gasteiger partial charge on any atom is -0.324 e. The van der Waals surface area contributed by atoms with Crippen LogP contribution >= 0.6 is 11.8 Å². The Labute approximate surface area is 153 Å². The van der Waals surface area contributed by atoms with Crippen LogP contribution in [0, 0.1) is 13.8 Å². The summed E-state index contributed by atoms with van der Waals surface area (Å²) in [6.07, 6.45) is 0. The van der Waals surface area contributed by atoms with Crippen molar-refractivity contribution in [3.63, 3.8) is 0 Å². The van der Waals surface area contributed by atoms with Crippen LogP contribution in [0.25, 0.3) is 0 Å². The van der Waals surface area contributed by atoms with Gasteiger partial charge >= 0.3 is 0 Å². The van der Waals surface area contributed by atoms with Crippen LogP contribution < -0.4 is 5.32 Å². The quantitative estimate of drug-likeness (QED) is 0.593. The number of amides is 1. The van der Waals surface area contributed by atoms with Crippen LogP contribution in [0.15, 0.2) is 83.8 Å². The van der Waals surface area contributed by atoms with Crippen LogP contribution in [0.1, 0.15) is 21.9 Å². The molecule has 0 spiro atoms. The van der Waals surface area contributed by atoms with Gasteiger partial charge in [0.05, 0.1) is 0 Å². The number of benzene rings is 3. The van der Waals surface area contributed by atoms with E-state index in [-0.39, 0.29) is 11.2 Å². The number of aryl methyl sites for hydroxylation is 2. The number of carbonyl (C=O) groups excluding carboxylic acids is 1. The lowest BCUT2D eigenvalue weighted by atomic mass is 10.1. The Morgan fingerprint density at radius 3 is 1.96 bits per heavy atom. The third-order valence-corrected chi connectivity index (χ3v) is 5.33. The van der Waals surface area contributed by atoms with Crippen molar-refractivity contribution in [1.82, 2.24) is 0 Å². The molecule has 0 saturated carbocycles. The van der Waals surface area contributed by atoms with Gasteiger partial charge in [0.15, 0.2) is 0 Å². The van der Waals surface area contributed by atoms with E-state index >= 15 is 0 Å². The highest BCUT2D eigenvalue weighted by atomic mass is 32.2. The van der Waals surface area contributed by atoms with E-state index in [4.69, 9.17) is 0 Å². The second-order valence-corrected chi connectivity index (χ2v) is 7.16. The van der Waals surface area contributed by atoms with E-state index in [1.165, 1.54) is 0 Å². The lowest BCUT2D eigenvalue weighted by Gasteiger charge is -2.19. The van der Waals surface area contributed by atoms with Crippen molar-refractivity contribution in [2.45, 2.75) is 24.0 Å². The molecule has 0 aromatic heterocycles. The summed E-state index contributed by atoms with van der Waals surface area (Å²) in [5.41, 5.74) is 4.05. The van der Waals surface area contributed by atoms with Crippen molar-refractivity contribution < 1.29 is 4.79 Å². The summed E-state index contributed by atoms with van der Waals surface area (Å²) >= 11 is 1.57. The van der Waals surface area contributed by atoms with Crippen LogP contribution in [0.2, 0.25) is 0 Å². The van der Waals surface area contributed by atoms with Gasteiger partial charge in [-0.05, 0) is 42.7 Å². The number of thioether (sulfide) groups is 1. The Morgan fingerprint density at radius 1 is 0.800 bits per heavy atom. The standard InChI is InChI=1S/C22H21NOS/c1-16-10-9-11-17(2)20(16)23-22(24)21(18-12-5-3-6-13-18)25-19-14-7-4-8-15-19/h3-15,21H,1-2H3,(H,23,24)/t21-/m0/s1. The predicted molar refractivity (Wildman–Crippen MR) is 106 cm³/mol. The van der Waals surface area contributed by atoms with Crippen molar-refractivity contribution in [3.8, 4) is 0 Å². The Kier molecular flexibility index (Phi) is 5.56. The molecule has 126 valence electrons. The zero-order chi connectivity index (χ0) is 17.6. The maximum Gasteiger partial charge on any atom is 0.242 e. The van der Waals surface area contributed by atoms with Crippen molar-refractivity contribution in [1.29, 1.82) is 0 Å². The number of carbonyl (C=O) groups is 1. The van der Waals surface area contributed by atoms with Gasteiger partial charge in [-0.1, -0.05) is 66.7 Å². The molecule has 1 amide bonds. The molecule has 0 aliphatic rings. The first-order valence-corrected chi connectivity index (χ1v) is 9.17. The van der Waals surface area contributed by atoms with E-state index in [0.717, 1.165) is 27.3 Å². The number of rotatable bonds is 5. The zero-order valence-corrected chi connectivity index (χ0v) is 15.2. The summed E-state index contributed by atoms with van der Waals surface area (Å²) < 4.78 is 0. The summed E-state index contributed by atoms with van der Waals surface area (Å²) in [4.78, 5) is 14.2. The Hall–Kier alpha value is -2.52. The molecule has 1 N–H and O–H groups in total. The molecule has 3 aromatic carbocycles. The molecule has 0 saturated heterocycles. The van der Waals surface area contributed by atoms with Crippen molar-refractivity contribution >= 4 is 23.4 Å². The van der Waals surface area contributed by atoms with Crippen LogP contribution in [-0.4, -0.2) is 5.91 Å². The second-order valence-electron chi connectivity index (χ2n) is 5.98. The molecule has 3 rings (SSSR count). The van der Waals surface area contributed by atoms with Gasteiger partial charge in [0.1, 0.15) is 5.25 Å². The summed E-state index contributed by atoms with van der Waals surface area (Å²) in [7, 11) is 0. The first kappa shape index (κ1) is 17.3. The highest BCUT2D eigenvalue weighted by molar-refractivity contribution is 8.00. The van der Waals surface area contributed by atoms with Gasteiger partial charge in [-0.3, -0.25) is 4.79 Å². The first-order chi connectivity index (χ1) is 12.1. The Balaban J connectivity index is 1.90. The number of hydrogen-bond donors (Lipinski definition) is 1. The first-order valence-electron chi connectivity index (χ1n) is 8.29. The Morgan fingerprint density at radius 2 is 1.36 bits per heavy atom. The van der Waals surface area contributed by atoms with Crippen molar-refractivity contribution in [2.75, 3.05) is 5.32 Å². The molecule has 0 bridgehead atoms. The van der Waals surface area contributed by atoms with Gasteiger partial charge in [-0.2, -0.15) is 0 Å². The Bertz CT molecular complexity index is 826. The molecule has 0 fully saturated rings. The van der Waals surface area contributed by atoms with E-state index in [2.05, 4.69) is 5.32 Å². The van der Waals surface area contributed by atoms with Gasteiger partial charge < -0.3 is 5.32 Å². The molecule has 0 unspecified atom stereocenters. The summed E-state index contributed by atoms with van der Waals surface area (Å²) in [6, 6.07) is 26.0. The van der Waals surface area contributed by atoms with Crippen LogP contribution in [0.3, 0.4) is 0 Å². The lowest BCUT2D eigenvalue weighted by molar-refractivity contribution is -0.115. The highest BCUT2D eigenvalue weighted by Crippen LogP contribution is 2.36. The van der Waals surface area contributed by atoms with Crippen LogP contribution in [0.5, 0.6) is 0 Å². The molecule has 3 heteroatoms.